The van der Waals surface area contributed by atoms with Crippen LogP contribution < -0.4 is 11.1 Å². The maximum Gasteiger partial charge on any atom is 0.224 e. The molecule has 1 aliphatic rings. The van der Waals surface area contributed by atoms with E-state index in [4.69, 9.17) is 5.73 Å². The summed E-state index contributed by atoms with van der Waals surface area (Å²) >= 11 is 0. The average Bonchev–Trinajstić information content (AvgIpc) is 2.34. The molecule has 3 nitrogen and oxygen atoms in total. The van der Waals surface area contributed by atoms with Crippen LogP contribution in [0.25, 0.3) is 0 Å². The van der Waals surface area contributed by atoms with Crippen LogP contribution in [0, 0.1) is 23.2 Å². The van der Waals surface area contributed by atoms with E-state index >= 15 is 0 Å². The molecule has 112 valence electrons. The number of hydrogen-bond acceptors (Lipinski definition) is 2. The molecule has 0 aromatic heterocycles. The van der Waals surface area contributed by atoms with Crippen LogP contribution in [0.2, 0.25) is 0 Å². The number of rotatable bonds is 5. The fourth-order valence-electron chi connectivity index (χ4n) is 2.94. The minimum atomic E-state index is -0.0393. The summed E-state index contributed by atoms with van der Waals surface area (Å²) < 4.78 is 0. The Morgan fingerprint density at radius 2 is 1.84 bits per heavy atom. The molecule has 0 spiro atoms. The summed E-state index contributed by atoms with van der Waals surface area (Å²) in [6, 6.07) is 0. The minimum absolute atomic E-state index is 0.0393. The molecule has 0 aromatic carbocycles. The maximum atomic E-state index is 12.2. The summed E-state index contributed by atoms with van der Waals surface area (Å²) in [7, 11) is 0. The predicted molar refractivity (Wildman–Crippen MR) is 80.7 cm³/mol. The lowest BCUT2D eigenvalue weighted by Crippen LogP contribution is -2.39. The van der Waals surface area contributed by atoms with Gasteiger partial charge in [0.15, 0.2) is 0 Å². The van der Waals surface area contributed by atoms with Gasteiger partial charge in [0.25, 0.3) is 0 Å². The molecular formula is C16H32N2O. The highest BCUT2D eigenvalue weighted by atomic mass is 16.1. The highest BCUT2D eigenvalue weighted by molar-refractivity contribution is 5.78. The Hall–Kier alpha value is -0.570. The topological polar surface area (TPSA) is 55.1 Å². The monoisotopic (exact) mass is 268 g/mol. The largest absolute Gasteiger partial charge is 0.356 e. The molecule has 19 heavy (non-hydrogen) atoms. The van der Waals surface area contributed by atoms with Gasteiger partial charge in [-0.05, 0) is 36.5 Å². The first-order valence-electron chi connectivity index (χ1n) is 7.79. The van der Waals surface area contributed by atoms with Crippen LogP contribution in [0.15, 0.2) is 0 Å². The van der Waals surface area contributed by atoms with Gasteiger partial charge in [-0.2, -0.15) is 0 Å². The standard InChI is InChI=1S/C16H32N2O/c1-12-5-7-13(8-6-12)11-18-15(19)14(10-17)9-16(2,3)4/h12-14H,5-11,17H2,1-4H3,(H,18,19). The van der Waals surface area contributed by atoms with Crippen molar-refractivity contribution in [3.05, 3.63) is 0 Å². The lowest BCUT2D eigenvalue weighted by Gasteiger charge is -2.28. The molecule has 0 radical (unpaired) electrons. The van der Waals surface area contributed by atoms with Gasteiger partial charge in [-0.15, -0.1) is 0 Å². The number of carbonyl (C=O) groups is 1. The Bertz CT molecular complexity index is 275. The SMILES string of the molecule is CC1CCC(CNC(=O)C(CN)CC(C)(C)C)CC1. The van der Waals surface area contributed by atoms with Gasteiger partial charge < -0.3 is 11.1 Å². The Morgan fingerprint density at radius 1 is 1.26 bits per heavy atom. The van der Waals surface area contributed by atoms with Gasteiger partial charge in [-0.1, -0.05) is 40.5 Å². The first kappa shape index (κ1) is 16.5. The number of hydrogen-bond donors (Lipinski definition) is 2. The van der Waals surface area contributed by atoms with Gasteiger partial charge in [-0.25, -0.2) is 0 Å². The smallest absolute Gasteiger partial charge is 0.224 e. The third kappa shape index (κ3) is 6.42. The van der Waals surface area contributed by atoms with Gasteiger partial charge >= 0.3 is 0 Å². The van der Waals surface area contributed by atoms with E-state index in [1.54, 1.807) is 0 Å². The molecule has 1 fully saturated rings. The summed E-state index contributed by atoms with van der Waals surface area (Å²) in [6.07, 6.45) is 5.99. The summed E-state index contributed by atoms with van der Waals surface area (Å²) in [6.45, 7) is 10.1. The molecule has 0 aliphatic heterocycles. The zero-order valence-electron chi connectivity index (χ0n) is 13.2. The number of amides is 1. The second-order valence-corrected chi connectivity index (χ2v) is 7.57. The van der Waals surface area contributed by atoms with Crippen LogP contribution in [0.3, 0.4) is 0 Å². The van der Waals surface area contributed by atoms with Gasteiger partial charge in [0.2, 0.25) is 5.91 Å². The van der Waals surface area contributed by atoms with Crippen LogP contribution in [-0.2, 0) is 4.79 Å². The molecule has 1 amide bonds. The second-order valence-electron chi connectivity index (χ2n) is 7.57. The first-order chi connectivity index (χ1) is 8.81. The van der Waals surface area contributed by atoms with Gasteiger partial charge in [0, 0.05) is 13.1 Å². The van der Waals surface area contributed by atoms with E-state index in [0.29, 0.717) is 12.5 Å². The molecule has 1 unspecified atom stereocenters. The second kappa shape index (κ2) is 7.28. The van der Waals surface area contributed by atoms with Crippen molar-refractivity contribution in [1.82, 2.24) is 5.32 Å². The van der Waals surface area contributed by atoms with Gasteiger partial charge in [0.05, 0.1) is 5.92 Å². The van der Waals surface area contributed by atoms with Crippen molar-refractivity contribution in [2.75, 3.05) is 13.1 Å². The van der Waals surface area contributed by atoms with E-state index in [9.17, 15) is 4.79 Å². The zero-order chi connectivity index (χ0) is 14.5. The molecule has 3 heteroatoms. The van der Waals surface area contributed by atoms with Crippen LogP contribution >= 0.6 is 0 Å². The molecule has 0 saturated heterocycles. The third-order valence-corrected chi connectivity index (χ3v) is 4.21. The number of nitrogens with one attached hydrogen (secondary N) is 1. The summed E-state index contributed by atoms with van der Waals surface area (Å²) in [4.78, 5) is 12.2. The summed E-state index contributed by atoms with van der Waals surface area (Å²) in [5, 5.41) is 3.12. The molecule has 0 heterocycles. The summed E-state index contributed by atoms with van der Waals surface area (Å²) in [5.41, 5.74) is 5.90. The Morgan fingerprint density at radius 3 is 2.32 bits per heavy atom. The molecule has 1 rings (SSSR count). The van der Waals surface area contributed by atoms with Gasteiger partial charge in [-0.3, -0.25) is 4.79 Å². The molecule has 0 aromatic rings. The van der Waals surface area contributed by atoms with Crippen LogP contribution in [0.1, 0.15) is 59.8 Å². The predicted octanol–water partition coefficient (Wildman–Crippen LogP) is 2.94. The molecule has 0 bridgehead atoms. The Kier molecular flexibility index (Phi) is 6.31. The Balaban J connectivity index is 2.32. The van der Waals surface area contributed by atoms with Crippen molar-refractivity contribution in [1.29, 1.82) is 0 Å². The highest BCUT2D eigenvalue weighted by Crippen LogP contribution is 2.28. The van der Waals surface area contributed by atoms with E-state index in [1.165, 1.54) is 25.7 Å². The molecule has 3 N–H and O–H groups in total. The molecule has 1 saturated carbocycles. The number of carbonyl (C=O) groups excluding carboxylic acids is 1. The van der Waals surface area contributed by atoms with Crippen LogP contribution in [0.4, 0.5) is 0 Å². The fraction of sp³-hybridized carbons (Fsp3) is 0.938. The number of nitrogens with two attached hydrogens (primary N) is 1. The van der Waals surface area contributed by atoms with E-state index in [0.717, 1.165) is 18.9 Å². The third-order valence-electron chi connectivity index (χ3n) is 4.21. The fourth-order valence-corrected chi connectivity index (χ4v) is 2.94. The van der Waals surface area contributed by atoms with E-state index in [2.05, 4.69) is 33.0 Å². The zero-order valence-corrected chi connectivity index (χ0v) is 13.2. The van der Waals surface area contributed by atoms with Crippen molar-refractivity contribution < 1.29 is 4.79 Å². The maximum absolute atomic E-state index is 12.2. The molecular weight excluding hydrogens is 236 g/mol. The van der Waals surface area contributed by atoms with Crippen molar-refractivity contribution in [2.45, 2.75) is 59.8 Å². The summed E-state index contributed by atoms with van der Waals surface area (Å²) in [5.74, 6) is 1.65. The first-order valence-corrected chi connectivity index (χ1v) is 7.79. The molecule has 1 atom stereocenters. The quantitative estimate of drug-likeness (QED) is 0.805. The van der Waals surface area contributed by atoms with Crippen molar-refractivity contribution in [3.8, 4) is 0 Å². The highest BCUT2D eigenvalue weighted by Gasteiger charge is 2.25. The lowest BCUT2D eigenvalue weighted by molar-refractivity contribution is -0.125. The van der Waals surface area contributed by atoms with E-state index < -0.39 is 0 Å². The van der Waals surface area contributed by atoms with E-state index in [-0.39, 0.29) is 17.2 Å². The molecule has 1 aliphatic carbocycles. The minimum Gasteiger partial charge on any atom is -0.356 e. The van der Waals surface area contributed by atoms with Crippen molar-refractivity contribution >= 4 is 5.91 Å². The lowest BCUT2D eigenvalue weighted by atomic mass is 9.82. The van der Waals surface area contributed by atoms with Crippen molar-refractivity contribution in [3.63, 3.8) is 0 Å². The van der Waals surface area contributed by atoms with E-state index in [1.807, 2.05) is 0 Å². The van der Waals surface area contributed by atoms with Crippen LogP contribution in [0.5, 0.6) is 0 Å². The average molecular weight is 268 g/mol. The van der Waals surface area contributed by atoms with Crippen LogP contribution in [-0.4, -0.2) is 19.0 Å². The Labute approximate surface area is 118 Å². The normalized spacial score (nSPS) is 25.9. The van der Waals surface area contributed by atoms with Gasteiger partial charge in [0.1, 0.15) is 0 Å². The van der Waals surface area contributed by atoms with Crippen molar-refractivity contribution in [2.24, 2.45) is 28.9 Å².